The second-order valence-corrected chi connectivity index (χ2v) is 7.15. The molecule has 1 N–H and O–H groups in total. The summed E-state index contributed by atoms with van der Waals surface area (Å²) in [5.41, 5.74) is 1.12. The topological polar surface area (TPSA) is 45.2 Å². The average molecular weight is 384 g/mol. The van der Waals surface area contributed by atoms with E-state index < -0.39 is 5.82 Å². The molecular formula is C21H19ClFN3O. The normalized spacial score (nSPS) is 14.4. The van der Waals surface area contributed by atoms with Crippen LogP contribution >= 0.6 is 11.6 Å². The van der Waals surface area contributed by atoms with Crippen LogP contribution in [-0.4, -0.2) is 24.0 Å². The van der Waals surface area contributed by atoms with Crippen LogP contribution in [-0.2, 0) is 0 Å². The molecule has 2 aromatic carbocycles. The molecule has 4 rings (SSSR count). The van der Waals surface area contributed by atoms with Gasteiger partial charge in [0.1, 0.15) is 11.3 Å². The van der Waals surface area contributed by atoms with E-state index in [-0.39, 0.29) is 5.91 Å². The summed E-state index contributed by atoms with van der Waals surface area (Å²) in [6.45, 7) is 1.90. The van der Waals surface area contributed by atoms with Crippen molar-refractivity contribution in [3.05, 3.63) is 64.9 Å². The largest absolute Gasteiger partial charge is 0.357 e. The van der Waals surface area contributed by atoms with Gasteiger partial charge < -0.3 is 10.2 Å². The van der Waals surface area contributed by atoms with Crippen LogP contribution in [0.1, 0.15) is 29.6 Å². The number of benzene rings is 2. The number of amides is 1. The molecule has 0 saturated carbocycles. The van der Waals surface area contributed by atoms with Gasteiger partial charge in [-0.15, -0.1) is 0 Å². The number of fused-ring (bicyclic) bond motifs is 1. The molecule has 3 aromatic rings. The molecule has 1 aliphatic rings. The lowest BCUT2D eigenvalue weighted by Gasteiger charge is -2.27. The maximum absolute atomic E-state index is 14.7. The van der Waals surface area contributed by atoms with Crippen LogP contribution < -0.4 is 10.2 Å². The number of aromatic nitrogens is 1. The van der Waals surface area contributed by atoms with E-state index in [4.69, 9.17) is 11.6 Å². The molecule has 1 aromatic heterocycles. The molecule has 0 spiro atoms. The number of pyridine rings is 1. The second kappa shape index (κ2) is 7.53. The highest BCUT2D eigenvalue weighted by atomic mass is 35.5. The number of nitrogens with one attached hydrogen (secondary N) is 1. The minimum atomic E-state index is -0.451. The Balaban J connectivity index is 1.60. The van der Waals surface area contributed by atoms with E-state index in [9.17, 15) is 9.18 Å². The molecule has 2 heterocycles. The van der Waals surface area contributed by atoms with Crippen molar-refractivity contribution in [1.29, 1.82) is 0 Å². The van der Waals surface area contributed by atoms with Crippen molar-refractivity contribution in [1.82, 2.24) is 4.98 Å². The Bertz CT molecular complexity index is 1000. The van der Waals surface area contributed by atoms with Crippen LogP contribution in [0.5, 0.6) is 0 Å². The SMILES string of the molecule is O=C(Nc1cc(F)c2nc(N3CCCCC3)ccc2c1)c1cccc(Cl)c1. The maximum atomic E-state index is 14.7. The third kappa shape index (κ3) is 3.88. The van der Waals surface area contributed by atoms with E-state index in [0.717, 1.165) is 31.7 Å². The third-order valence-electron chi connectivity index (χ3n) is 4.76. The average Bonchev–Trinajstić information content (AvgIpc) is 2.68. The van der Waals surface area contributed by atoms with Crippen LogP contribution in [0.15, 0.2) is 48.5 Å². The zero-order chi connectivity index (χ0) is 18.8. The number of nitrogens with zero attached hydrogens (tertiary/aromatic N) is 2. The lowest BCUT2D eigenvalue weighted by atomic mass is 10.1. The quantitative estimate of drug-likeness (QED) is 0.670. The highest BCUT2D eigenvalue weighted by Gasteiger charge is 2.15. The van der Waals surface area contributed by atoms with E-state index in [1.54, 1.807) is 30.3 Å². The number of hydrogen-bond donors (Lipinski definition) is 1. The van der Waals surface area contributed by atoms with Crippen molar-refractivity contribution in [2.24, 2.45) is 0 Å². The van der Waals surface area contributed by atoms with Gasteiger partial charge in [0.15, 0.2) is 5.82 Å². The Morgan fingerprint density at radius 3 is 2.67 bits per heavy atom. The summed E-state index contributed by atoms with van der Waals surface area (Å²) in [5, 5.41) is 3.84. The van der Waals surface area contributed by atoms with Gasteiger partial charge >= 0.3 is 0 Å². The monoisotopic (exact) mass is 383 g/mol. The fraction of sp³-hybridized carbons (Fsp3) is 0.238. The van der Waals surface area contributed by atoms with Crippen molar-refractivity contribution >= 4 is 39.9 Å². The number of halogens is 2. The highest BCUT2D eigenvalue weighted by molar-refractivity contribution is 6.31. The highest BCUT2D eigenvalue weighted by Crippen LogP contribution is 2.26. The number of piperidine rings is 1. The minimum Gasteiger partial charge on any atom is -0.357 e. The molecule has 0 aliphatic carbocycles. The lowest BCUT2D eigenvalue weighted by molar-refractivity contribution is 0.102. The Kier molecular flexibility index (Phi) is 4.94. The number of rotatable bonds is 3. The summed E-state index contributed by atoms with van der Waals surface area (Å²) >= 11 is 5.92. The summed E-state index contributed by atoms with van der Waals surface area (Å²) in [6.07, 6.45) is 3.50. The molecule has 6 heteroatoms. The van der Waals surface area contributed by atoms with E-state index in [2.05, 4.69) is 15.2 Å². The summed E-state index contributed by atoms with van der Waals surface area (Å²) in [7, 11) is 0. The van der Waals surface area contributed by atoms with Crippen molar-refractivity contribution in [3.63, 3.8) is 0 Å². The van der Waals surface area contributed by atoms with Gasteiger partial charge in [-0.2, -0.15) is 0 Å². The number of carbonyl (C=O) groups is 1. The van der Waals surface area contributed by atoms with E-state index in [1.165, 1.54) is 12.5 Å². The van der Waals surface area contributed by atoms with Crippen molar-refractivity contribution in [2.45, 2.75) is 19.3 Å². The first-order valence-electron chi connectivity index (χ1n) is 9.02. The van der Waals surface area contributed by atoms with Crippen LogP contribution in [0.3, 0.4) is 0 Å². The fourth-order valence-electron chi connectivity index (χ4n) is 3.39. The number of anilines is 2. The predicted octanol–water partition coefficient (Wildman–Crippen LogP) is 5.27. The first kappa shape index (κ1) is 17.7. The molecular weight excluding hydrogens is 365 g/mol. The van der Waals surface area contributed by atoms with E-state index >= 15 is 0 Å². The fourth-order valence-corrected chi connectivity index (χ4v) is 3.58. The summed E-state index contributed by atoms with van der Waals surface area (Å²) in [6, 6.07) is 13.4. The summed E-state index contributed by atoms with van der Waals surface area (Å²) in [4.78, 5) is 19.1. The van der Waals surface area contributed by atoms with Gasteiger partial charge in [-0.25, -0.2) is 9.37 Å². The number of hydrogen-bond acceptors (Lipinski definition) is 3. The molecule has 0 unspecified atom stereocenters. The standard InChI is InChI=1S/C21H19ClFN3O/c22-16-6-4-5-15(11-16)21(27)24-17-12-14-7-8-19(25-20(14)18(23)13-17)26-9-2-1-3-10-26/h4-8,11-13H,1-3,9-10H2,(H,24,27). The molecule has 1 fully saturated rings. The van der Waals surface area contributed by atoms with Gasteiger partial charge in [-0.1, -0.05) is 17.7 Å². The van der Waals surface area contributed by atoms with Gasteiger partial charge in [-0.3, -0.25) is 4.79 Å². The molecule has 138 valence electrons. The van der Waals surface area contributed by atoms with Gasteiger partial charge in [0.05, 0.1) is 0 Å². The third-order valence-corrected chi connectivity index (χ3v) is 4.99. The second-order valence-electron chi connectivity index (χ2n) is 6.71. The van der Waals surface area contributed by atoms with Gasteiger partial charge in [0.2, 0.25) is 0 Å². The predicted molar refractivity (Wildman–Crippen MR) is 107 cm³/mol. The first-order valence-corrected chi connectivity index (χ1v) is 9.40. The van der Waals surface area contributed by atoms with E-state index in [0.29, 0.717) is 27.2 Å². The first-order chi connectivity index (χ1) is 13.1. The zero-order valence-corrected chi connectivity index (χ0v) is 15.5. The van der Waals surface area contributed by atoms with Crippen molar-refractivity contribution < 1.29 is 9.18 Å². The Morgan fingerprint density at radius 1 is 1.07 bits per heavy atom. The zero-order valence-electron chi connectivity index (χ0n) is 14.7. The number of carbonyl (C=O) groups excluding carboxylic acids is 1. The van der Waals surface area contributed by atoms with Gasteiger partial charge in [-0.05, 0) is 61.7 Å². The van der Waals surface area contributed by atoms with Gasteiger partial charge in [0, 0.05) is 34.7 Å². The molecule has 1 aliphatic heterocycles. The van der Waals surface area contributed by atoms with Crippen LogP contribution in [0, 0.1) is 5.82 Å². The molecule has 0 radical (unpaired) electrons. The molecule has 4 nitrogen and oxygen atoms in total. The Morgan fingerprint density at radius 2 is 1.89 bits per heavy atom. The summed E-state index contributed by atoms with van der Waals surface area (Å²) < 4.78 is 14.7. The van der Waals surface area contributed by atoms with Crippen LogP contribution in [0.4, 0.5) is 15.9 Å². The molecule has 0 atom stereocenters. The van der Waals surface area contributed by atoms with Crippen LogP contribution in [0.2, 0.25) is 5.02 Å². The summed E-state index contributed by atoms with van der Waals surface area (Å²) in [5.74, 6) is 0.0127. The Labute approximate surface area is 162 Å². The van der Waals surface area contributed by atoms with Gasteiger partial charge in [0.25, 0.3) is 5.91 Å². The van der Waals surface area contributed by atoms with Crippen molar-refractivity contribution in [2.75, 3.05) is 23.3 Å². The lowest BCUT2D eigenvalue weighted by Crippen LogP contribution is -2.30. The molecule has 1 amide bonds. The molecule has 1 saturated heterocycles. The smallest absolute Gasteiger partial charge is 0.255 e. The van der Waals surface area contributed by atoms with E-state index in [1.807, 2.05) is 12.1 Å². The maximum Gasteiger partial charge on any atom is 0.255 e. The minimum absolute atomic E-state index is 0.318. The molecule has 27 heavy (non-hydrogen) atoms. The van der Waals surface area contributed by atoms with Crippen molar-refractivity contribution in [3.8, 4) is 0 Å². The van der Waals surface area contributed by atoms with Crippen LogP contribution in [0.25, 0.3) is 10.9 Å². The Hall–Kier alpha value is -2.66. The molecule has 0 bridgehead atoms.